The Bertz CT molecular complexity index is 676. The number of aryl methyl sites for hydroxylation is 1. The van der Waals surface area contributed by atoms with Crippen LogP contribution in [-0.4, -0.2) is 44.6 Å². The van der Waals surface area contributed by atoms with Gasteiger partial charge in [-0.3, -0.25) is 4.79 Å². The fourth-order valence-electron chi connectivity index (χ4n) is 2.96. The molecule has 5 nitrogen and oxygen atoms in total. The van der Waals surface area contributed by atoms with Gasteiger partial charge in [0.2, 0.25) is 0 Å². The van der Waals surface area contributed by atoms with Gasteiger partial charge in [-0.1, -0.05) is 13.0 Å². The lowest BCUT2D eigenvalue weighted by molar-refractivity contribution is 0.0572. The maximum Gasteiger partial charge on any atom is 0.254 e. The van der Waals surface area contributed by atoms with E-state index in [0.717, 1.165) is 24.7 Å². The van der Waals surface area contributed by atoms with Gasteiger partial charge >= 0.3 is 0 Å². The normalized spacial score (nSPS) is 21.7. The van der Waals surface area contributed by atoms with Crippen LogP contribution < -0.4 is 5.73 Å². The van der Waals surface area contributed by atoms with E-state index >= 15 is 0 Å². The summed E-state index contributed by atoms with van der Waals surface area (Å²) in [5.41, 5.74) is 7.06. The number of hydrogen-bond donors (Lipinski definition) is 1. The van der Waals surface area contributed by atoms with Gasteiger partial charge in [-0.15, -0.1) is 12.4 Å². The maximum atomic E-state index is 12.9. The summed E-state index contributed by atoms with van der Waals surface area (Å²) in [6, 6.07) is 4.74. The van der Waals surface area contributed by atoms with Crippen molar-refractivity contribution >= 4 is 28.2 Å². The van der Waals surface area contributed by atoms with Crippen LogP contribution in [0.15, 0.2) is 23.1 Å². The molecular weight excluding hydrogens is 336 g/mol. The Morgan fingerprint density at radius 2 is 2.04 bits per heavy atom. The summed E-state index contributed by atoms with van der Waals surface area (Å²) in [6.07, 6.45) is 3.00. The van der Waals surface area contributed by atoms with E-state index in [1.54, 1.807) is 17.0 Å². The van der Waals surface area contributed by atoms with Crippen LogP contribution in [0.4, 0.5) is 0 Å². The van der Waals surface area contributed by atoms with Crippen LogP contribution in [-0.2, 0) is 9.84 Å². The lowest BCUT2D eigenvalue weighted by atomic mass is 9.91. The van der Waals surface area contributed by atoms with Crippen LogP contribution >= 0.6 is 12.4 Å². The summed E-state index contributed by atoms with van der Waals surface area (Å²) in [4.78, 5) is 14.8. The number of rotatable bonds is 3. The second-order valence-corrected chi connectivity index (χ2v) is 8.28. The molecule has 1 amide bonds. The number of amides is 1. The number of piperidine rings is 1. The predicted octanol–water partition coefficient (Wildman–Crippen LogP) is 2.02. The molecule has 130 valence electrons. The Hall–Kier alpha value is -1.11. The van der Waals surface area contributed by atoms with Crippen molar-refractivity contribution in [1.82, 2.24) is 4.90 Å². The summed E-state index contributed by atoms with van der Waals surface area (Å²) in [7, 11) is -3.33. The predicted molar refractivity (Wildman–Crippen MR) is 93.8 cm³/mol. The average Bonchev–Trinajstić information content (AvgIpc) is 2.45. The van der Waals surface area contributed by atoms with Gasteiger partial charge in [-0.25, -0.2) is 8.42 Å². The van der Waals surface area contributed by atoms with Crippen molar-refractivity contribution in [3.63, 3.8) is 0 Å². The first-order chi connectivity index (χ1) is 10.2. The molecule has 23 heavy (non-hydrogen) atoms. The SMILES string of the molecule is Cc1ccc(S(C)(=O)=O)cc1C(=O)N1CCC(C)CC1CN.Cl. The minimum absolute atomic E-state index is 0. The van der Waals surface area contributed by atoms with Crippen LogP contribution in [0.2, 0.25) is 0 Å². The lowest BCUT2D eigenvalue weighted by Crippen LogP contribution is -2.49. The highest BCUT2D eigenvalue weighted by Gasteiger charge is 2.30. The fraction of sp³-hybridized carbons (Fsp3) is 0.562. The molecule has 0 saturated carbocycles. The van der Waals surface area contributed by atoms with Gasteiger partial charge < -0.3 is 10.6 Å². The second kappa shape index (κ2) is 7.64. The smallest absolute Gasteiger partial charge is 0.254 e. The Labute approximate surface area is 144 Å². The van der Waals surface area contributed by atoms with Gasteiger partial charge in [0, 0.05) is 31.0 Å². The van der Waals surface area contributed by atoms with Crippen molar-refractivity contribution in [2.75, 3.05) is 19.3 Å². The third kappa shape index (κ3) is 4.46. The minimum Gasteiger partial charge on any atom is -0.334 e. The van der Waals surface area contributed by atoms with E-state index in [1.165, 1.54) is 6.07 Å². The van der Waals surface area contributed by atoms with Crippen LogP contribution in [0.3, 0.4) is 0 Å². The number of carbonyl (C=O) groups excluding carboxylic acids is 1. The molecule has 2 atom stereocenters. The number of likely N-dealkylation sites (tertiary alicyclic amines) is 1. The summed E-state index contributed by atoms with van der Waals surface area (Å²) >= 11 is 0. The maximum absolute atomic E-state index is 12.9. The quantitative estimate of drug-likeness (QED) is 0.894. The summed E-state index contributed by atoms with van der Waals surface area (Å²) in [6.45, 7) is 5.09. The zero-order chi connectivity index (χ0) is 16.5. The van der Waals surface area contributed by atoms with E-state index in [0.29, 0.717) is 24.6 Å². The number of carbonyl (C=O) groups is 1. The monoisotopic (exact) mass is 360 g/mol. The molecule has 0 spiro atoms. The standard InChI is InChI=1S/C16H24N2O3S.ClH/c1-11-6-7-18(13(8-11)10-17)16(19)15-9-14(22(3,20)21)5-4-12(15)2;/h4-5,9,11,13H,6-8,10,17H2,1-3H3;1H. The number of sulfone groups is 1. The topological polar surface area (TPSA) is 80.5 Å². The molecule has 1 aliphatic rings. The molecule has 0 bridgehead atoms. The van der Waals surface area contributed by atoms with E-state index in [-0.39, 0.29) is 29.3 Å². The molecule has 2 N–H and O–H groups in total. The molecule has 1 saturated heterocycles. The highest BCUT2D eigenvalue weighted by Crippen LogP contribution is 2.25. The molecule has 7 heteroatoms. The Morgan fingerprint density at radius 3 is 2.61 bits per heavy atom. The first-order valence-electron chi connectivity index (χ1n) is 7.55. The molecule has 0 aromatic heterocycles. The summed E-state index contributed by atoms with van der Waals surface area (Å²) < 4.78 is 23.4. The molecule has 2 unspecified atom stereocenters. The minimum atomic E-state index is -3.33. The molecule has 1 aromatic rings. The molecule has 0 radical (unpaired) electrons. The molecular formula is C16H25ClN2O3S. The van der Waals surface area contributed by atoms with Crippen molar-refractivity contribution < 1.29 is 13.2 Å². The van der Waals surface area contributed by atoms with E-state index in [9.17, 15) is 13.2 Å². The van der Waals surface area contributed by atoms with Crippen molar-refractivity contribution in [1.29, 1.82) is 0 Å². The number of halogens is 1. The van der Waals surface area contributed by atoms with Crippen LogP contribution in [0, 0.1) is 12.8 Å². The van der Waals surface area contributed by atoms with Crippen LogP contribution in [0.25, 0.3) is 0 Å². The van der Waals surface area contributed by atoms with Crippen molar-refractivity contribution in [3.05, 3.63) is 29.3 Å². The third-order valence-corrected chi connectivity index (χ3v) is 5.49. The molecule has 1 aliphatic heterocycles. The summed E-state index contributed by atoms with van der Waals surface area (Å²) in [5.74, 6) is 0.436. The Balaban J connectivity index is 0.00000264. The highest BCUT2D eigenvalue weighted by atomic mass is 35.5. The van der Waals surface area contributed by atoms with E-state index < -0.39 is 9.84 Å². The molecule has 1 aromatic carbocycles. The van der Waals surface area contributed by atoms with Gasteiger partial charge in [0.1, 0.15) is 0 Å². The zero-order valence-corrected chi connectivity index (χ0v) is 15.4. The molecule has 2 rings (SSSR count). The first kappa shape index (κ1) is 19.9. The van der Waals surface area contributed by atoms with Gasteiger partial charge in [-0.2, -0.15) is 0 Å². The fourth-order valence-corrected chi connectivity index (χ4v) is 3.61. The van der Waals surface area contributed by atoms with Gasteiger partial charge in [0.25, 0.3) is 5.91 Å². The second-order valence-electron chi connectivity index (χ2n) is 6.27. The van der Waals surface area contributed by atoms with Crippen LogP contribution in [0.1, 0.15) is 35.7 Å². The number of benzene rings is 1. The summed E-state index contributed by atoms with van der Waals surface area (Å²) in [5, 5.41) is 0. The Morgan fingerprint density at radius 1 is 1.39 bits per heavy atom. The third-order valence-electron chi connectivity index (χ3n) is 4.38. The van der Waals surface area contributed by atoms with Crippen molar-refractivity contribution in [2.45, 2.75) is 37.6 Å². The highest BCUT2D eigenvalue weighted by molar-refractivity contribution is 7.90. The van der Waals surface area contributed by atoms with Gasteiger partial charge in [-0.05, 0) is 43.4 Å². The lowest BCUT2D eigenvalue weighted by Gasteiger charge is -2.38. The zero-order valence-electron chi connectivity index (χ0n) is 13.8. The molecule has 0 aliphatic carbocycles. The van der Waals surface area contributed by atoms with E-state index in [1.807, 2.05) is 6.92 Å². The van der Waals surface area contributed by atoms with Gasteiger partial charge in [0.15, 0.2) is 9.84 Å². The number of hydrogen-bond acceptors (Lipinski definition) is 4. The van der Waals surface area contributed by atoms with E-state index in [2.05, 4.69) is 6.92 Å². The first-order valence-corrected chi connectivity index (χ1v) is 9.45. The molecule has 1 heterocycles. The van der Waals surface area contributed by atoms with E-state index in [4.69, 9.17) is 5.73 Å². The number of nitrogens with zero attached hydrogens (tertiary/aromatic N) is 1. The number of nitrogens with two attached hydrogens (primary N) is 1. The average molecular weight is 361 g/mol. The van der Waals surface area contributed by atoms with Gasteiger partial charge in [0.05, 0.1) is 4.90 Å². The Kier molecular flexibility index (Phi) is 6.62. The van der Waals surface area contributed by atoms with Crippen molar-refractivity contribution in [2.24, 2.45) is 11.7 Å². The van der Waals surface area contributed by atoms with Crippen molar-refractivity contribution in [3.8, 4) is 0 Å². The largest absolute Gasteiger partial charge is 0.334 e. The molecule has 1 fully saturated rings. The van der Waals surface area contributed by atoms with Crippen LogP contribution in [0.5, 0.6) is 0 Å².